The fourth-order valence-corrected chi connectivity index (χ4v) is 4.50. The van der Waals surface area contributed by atoms with E-state index in [4.69, 9.17) is 4.74 Å². The van der Waals surface area contributed by atoms with Crippen molar-refractivity contribution >= 4 is 32.4 Å². The Morgan fingerprint density at radius 2 is 1.76 bits per heavy atom. The number of methoxy groups -OCH3 is 1. The van der Waals surface area contributed by atoms with Gasteiger partial charge in [-0.25, -0.2) is 8.42 Å². The van der Waals surface area contributed by atoms with Crippen molar-refractivity contribution in [2.45, 2.75) is 19.5 Å². The molecule has 0 radical (unpaired) electrons. The minimum atomic E-state index is -3.69. The number of amides is 1. The third kappa shape index (κ3) is 4.68. The summed E-state index contributed by atoms with van der Waals surface area (Å²) in [6.07, 6.45) is 1.08. The number of anilines is 1. The number of nitrogens with zero attached hydrogens (tertiary/aromatic N) is 1. The van der Waals surface area contributed by atoms with Crippen LogP contribution >= 0.6 is 0 Å². The monoisotopic (exact) mass is 412 g/mol. The third-order valence-corrected chi connectivity index (χ3v) is 5.97. The Morgan fingerprint density at radius 3 is 2.48 bits per heavy atom. The van der Waals surface area contributed by atoms with Crippen LogP contribution in [-0.2, 0) is 21.4 Å². The molecule has 0 unspecified atom stereocenters. The molecule has 0 heterocycles. The van der Waals surface area contributed by atoms with Crippen LogP contribution in [0.4, 0.5) is 5.69 Å². The van der Waals surface area contributed by atoms with E-state index in [0.717, 1.165) is 26.9 Å². The second-order valence-corrected chi connectivity index (χ2v) is 8.65. The molecule has 0 saturated carbocycles. The predicted octanol–water partition coefficient (Wildman–Crippen LogP) is 3.32. The highest BCUT2D eigenvalue weighted by atomic mass is 32.2. The first-order valence-electron chi connectivity index (χ1n) is 9.19. The lowest BCUT2D eigenvalue weighted by molar-refractivity contribution is -0.122. The number of rotatable bonds is 7. The van der Waals surface area contributed by atoms with E-state index < -0.39 is 16.1 Å². The first-order chi connectivity index (χ1) is 13.8. The van der Waals surface area contributed by atoms with E-state index in [2.05, 4.69) is 5.32 Å². The lowest BCUT2D eigenvalue weighted by Crippen LogP contribution is -2.47. The van der Waals surface area contributed by atoms with Crippen LogP contribution in [0.5, 0.6) is 5.75 Å². The van der Waals surface area contributed by atoms with Gasteiger partial charge in [-0.2, -0.15) is 0 Å². The molecule has 0 fully saturated rings. The summed E-state index contributed by atoms with van der Waals surface area (Å²) in [6, 6.07) is 19.5. The predicted molar refractivity (Wildman–Crippen MR) is 116 cm³/mol. The quantitative estimate of drug-likeness (QED) is 0.646. The second kappa shape index (κ2) is 8.53. The average molecular weight is 413 g/mol. The van der Waals surface area contributed by atoms with Crippen LogP contribution in [0.2, 0.25) is 0 Å². The molecular formula is C22H24N2O4S. The molecule has 7 heteroatoms. The first-order valence-corrected chi connectivity index (χ1v) is 11.0. The molecule has 3 rings (SSSR count). The Kier molecular flexibility index (Phi) is 6.08. The van der Waals surface area contributed by atoms with E-state index in [1.165, 1.54) is 7.11 Å². The van der Waals surface area contributed by atoms with Gasteiger partial charge in [-0.15, -0.1) is 0 Å². The number of fused-ring (bicyclic) bond motifs is 1. The summed E-state index contributed by atoms with van der Waals surface area (Å²) >= 11 is 0. The molecule has 0 aromatic heterocycles. The minimum absolute atomic E-state index is 0.306. The standard InChI is InChI=1S/C22H24N2O4S/c1-16(24(29(3,26)27)19-11-7-12-20(14-19)28-2)22(25)23-15-18-10-6-9-17-8-4-5-13-21(17)18/h4-14,16H,15H2,1-3H3,(H,23,25)/t16-/m1/s1. The summed E-state index contributed by atoms with van der Waals surface area (Å²) in [5, 5.41) is 5.00. The van der Waals surface area contributed by atoms with Gasteiger partial charge in [0.1, 0.15) is 11.8 Å². The number of hydrogen-bond donors (Lipinski definition) is 1. The van der Waals surface area contributed by atoms with Gasteiger partial charge in [-0.3, -0.25) is 9.10 Å². The molecule has 0 bridgehead atoms. The molecule has 0 aliphatic heterocycles. The number of ether oxygens (including phenoxy) is 1. The van der Waals surface area contributed by atoms with E-state index in [1.54, 1.807) is 31.2 Å². The fraction of sp³-hybridized carbons (Fsp3) is 0.227. The second-order valence-electron chi connectivity index (χ2n) is 6.79. The number of carbonyl (C=O) groups is 1. The van der Waals surface area contributed by atoms with E-state index in [-0.39, 0.29) is 5.91 Å². The molecule has 1 amide bonds. The van der Waals surface area contributed by atoms with Crippen LogP contribution < -0.4 is 14.4 Å². The van der Waals surface area contributed by atoms with Gasteiger partial charge in [0.25, 0.3) is 0 Å². The van der Waals surface area contributed by atoms with Crippen molar-refractivity contribution in [2.75, 3.05) is 17.7 Å². The number of sulfonamides is 1. The maximum Gasteiger partial charge on any atom is 0.243 e. The van der Waals surface area contributed by atoms with Gasteiger partial charge in [0, 0.05) is 12.6 Å². The van der Waals surface area contributed by atoms with Gasteiger partial charge in [-0.05, 0) is 35.4 Å². The van der Waals surface area contributed by atoms with Gasteiger partial charge in [0.2, 0.25) is 15.9 Å². The lowest BCUT2D eigenvalue weighted by Gasteiger charge is -2.28. The molecule has 0 aliphatic carbocycles. The van der Waals surface area contributed by atoms with E-state index >= 15 is 0 Å². The first kappa shape index (κ1) is 20.7. The zero-order valence-corrected chi connectivity index (χ0v) is 17.4. The number of carbonyl (C=O) groups excluding carboxylic acids is 1. The average Bonchev–Trinajstić information content (AvgIpc) is 2.71. The lowest BCUT2D eigenvalue weighted by atomic mass is 10.0. The minimum Gasteiger partial charge on any atom is -0.497 e. The zero-order chi connectivity index (χ0) is 21.0. The van der Waals surface area contributed by atoms with Crippen LogP contribution in [0, 0.1) is 0 Å². The zero-order valence-electron chi connectivity index (χ0n) is 16.6. The maximum absolute atomic E-state index is 12.8. The Morgan fingerprint density at radius 1 is 1.07 bits per heavy atom. The summed E-state index contributed by atoms with van der Waals surface area (Å²) in [6.45, 7) is 1.87. The fourth-order valence-electron chi connectivity index (χ4n) is 3.33. The highest BCUT2D eigenvalue weighted by Gasteiger charge is 2.29. The molecule has 1 atom stereocenters. The van der Waals surface area contributed by atoms with Gasteiger partial charge < -0.3 is 10.1 Å². The molecule has 0 saturated heterocycles. The molecule has 0 spiro atoms. The van der Waals surface area contributed by atoms with Crippen LogP contribution in [0.15, 0.2) is 66.7 Å². The molecular weight excluding hydrogens is 388 g/mol. The summed E-state index contributed by atoms with van der Waals surface area (Å²) in [7, 11) is -2.18. The third-order valence-electron chi connectivity index (χ3n) is 4.73. The van der Waals surface area contributed by atoms with Crippen LogP contribution in [0.3, 0.4) is 0 Å². The summed E-state index contributed by atoms with van der Waals surface area (Å²) in [5.41, 5.74) is 1.34. The topological polar surface area (TPSA) is 75.7 Å². The summed E-state index contributed by atoms with van der Waals surface area (Å²) in [5.74, 6) is 0.130. The largest absolute Gasteiger partial charge is 0.497 e. The van der Waals surface area contributed by atoms with Crippen molar-refractivity contribution in [3.8, 4) is 5.75 Å². The van der Waals surface area contributed by atoms with Crippen molar-refractivity contribution in [3.05, 3.63) is 72.3 Å². The highest BCUT2D eigenvalue weighted by molar-refractivity contribution is 7.92. The van der Waals surface area contributed by atoms with E-state index in [9.17, 15) is 13.2 Å². The normalized spacial score (nSPS) is 12.4. The highest BCUT2D eigenvalue weighted by Crippen LogP contribution is 2.25. The van der Waals surface area contributed by atoms with Crippen molar-refractivity contribution < 1.29 is 17.9 Å². The molecule has 6 nitrogen and oxygen atoms in total. The Labute approximate surface area is 171 Å². The molecule has 3 aromatic carbocycles. The number of hydrogen-bond acceptors (Lipinski definition) is 4. The molecule has 0 aliphatic rings. The van der Waals surface area contributed by atoms with Crippen LogP contribution in [0.25, 0.3) is 10.8 Å². The number of nitrogens with one attached hydrogen (secondary N) is 1. The van der Waals surface area contributed by atoms with Crippen LogP contribution in [0.1, 0.15) is 12.5 Å². The van der Waals surface area contributed by atoms with Gasteiger partial charge in [0.15, 0.2) is 0 Å². The van der Waals surface area contributed by atoms with E-state index in [0.29, 0.717) is 18.0 Å². The summed E-state index contributed by atoms with van der Waals surface area (Å²) < 4.78 is 31.2. The molecule has 1 N–H and O–H groups in total. The molecule has 3 aromatic rings. The number of benzene rings is 3. The maximum atomic E-state index is 12.8. The SMILES string of the molecule is COc1cccc(N([C@H](C)C(=O)NCc2cccc3ccccc23)S(C)(=O)=O)c1. The Hall–Kier alpha value is -3.06. The van der Waals surface area contributed by atoms with E-state index in [1.807, 2.05) is 42.5 Å². The van der Waals surface area contributed by atoms with Crippen molar-refractivity contribution in [2.24, 2.45) is 0 Å². The molecule has 152 valence electrons. The van der Waals surface area contributed by atoms with Crippen molar-refractivity contribution in [3.63, 3.8) is 0 Å². The Balaban J connectivity index is 1.82. The van der Waals surface area contributed by atoms with Gasteiger partial charge in [-0.1, -0.05) is 48.5 Å². The van der Waals surface area contributed by atoms with Crippen molar-refractivity contribution in [1.82, 2.24) is 5.32 Å². The van der Waals surface area contributed by atoms with Gasteiger partial charge in [0.05, 0.1) is 19.1 Å². The van der Waals surface area contributed by atoms with Crippen molar-refractivity contribution in [1.29, 1.82) is 0 Å². The van der Waals surface area contributed by atoms with Crippen LogP contribution in [-0.4, -0.2) is 33.7 Å². The Bertz CT molecular complexity index is 1120. The smallest absolute Gasteiger partial charge is 0.243 e. The molecule has 29 heavy (non-hydrogen) atoms. The summed E-state index contributed by atoms with van der Waals surface area (Å²) in [4.78, 5) is 12.8. The van der Waals surface area contributed by atoms with Gasteiger partial charge >= 0.3 is 0 Å².